The van der Waals surface area contributed by atoms with Crippen LogP contribution in [0.3, 0.4) is 0 Å². The molecule has 0 radical (unpaired) electrons. The van der Waals surface area contributed by atoms with Gasteiger partial charge in [-0.05, 0) is 22.9 Å². The first-order chi connectivity index (χ1) is 9.74. The number of hydrogen-bond donors (Lipinski definition) is 3. The molecule has 5 nitrogen and oxygen atoms in total. The zero-order valence-electron chi connectivity index (χ0n) is 10.2. The zero-order valence-corrected chi connectivity index (χ0v) is 11.9. The summed E-state index contributed by atoms with van der Waals surface area (Å²) in [5.41, 5.74) is 0.00334. The number of carboxylic acid groups (broad SMARTS) is 1. The summed E-state index contributed by atoms with van der Waals surface area (Å²) in [6.45, 7) is 0. The van der Waals surface area contributed by atoms with Crippen LogP contribution in [-0.2, 0) is 0 Å². The van der Waals surface area contributed by atoms with Crippen LogP contribution in [0.25, 0.3) is 0 Å². The molecule has 0 aromatic carbocycles. The van der Waals surface area contributed by atoms with Crippen LogP contribution < -0.4 is 5.32 Å². The van der Waals surface area contributed by atoms with E-state index in [1.807, 2.05) is 22.9 Å². The topological polar surface area (TPSA) is 78.0 Å². The molecule has 3 aromatic heterocycles. The Kier molecular flexibility index (Phi) is 3.53. The molecule has 0 aliphatic rings. The zero-order chi connectivity index (χ0) is 13.9. The fourth-order valence-electron chi connectivity index (χ4n) is 1.85. The number of nitrogens with zero attached hydrogens (tertiary/aromatic N) is 1. The van der Waals surface area contributed by atoms with E-state index in [1.165, 1.54) is 15.8 Å². The average Bonchev–Trinajstić information content (AvgIpc) is 3.17. The van der Waals surface area contributed by atoms with Gasteiger partial charge in [0.25, 0.3) is 0 Å². The first-order valence-electron chi connectivity index (χ1n) is 5.86. The second-order valence-electron chi connectivity index (χ2n) is 4.08. The van der Waals surface area contributed by atoms with Crippen molar-refractivity contribution < 1.29 is 9.90 Å². The minimum atomic E-state index is -1.04. The number of H-pyrrole nitrogens is 1. The molecule has 0 saturated heterocycles. The minimum absolute atomic E-state index is 0.00269. The van der Waals surface area contributed by atoms with Crippen molar-refractivity contribution in [2.24, 2.45) is 0 Å². The van der Waals surface area contributed by atoms with E-state index in [4.69, 9.17) is 5.11 Å². The molecule has 102 valence electrons. The van der Waals surface area contributed by atoms with Gasteiger partial charge in [0.15, 0.2) is 5.69 Å². The van der Waals surface area contributed by atoms with Gasteiger partial charge in [0.05, 0.1) is 6.04 Å². The highest BCUT2D eigenvalue weighted by atomic mass is 32.1. The molecule has 0 fully saturated rings. The van der Waals surface area contributed by atoms with Crippen molar-refractivity contribution in [1.29, 1.82) is 0 Å². The van der Waals surface area contributed by atoms with Gasteiger partial charge in [-0.3, -0.25) is 5.10 Å². The number of aromatic amines is 1. The van der Waals surface area contributed by atoms with Crippen molar-refractivity contribution in [3.63, 3.8) is 0 Å². The quantitative estimate of drug-likeness (QED) is 0.675. The number of anilines is 1. The number of aromatic nitrogens is 2. The van der Waals surface area contributed by atoms with Gasteiger partial charge in [-0.1, -0.05) is 12.1 Å². The number of aromatic carboxylic acids is 1. The van der Waals surface area contributed by atoms with Crippen LogP contribution in [0.2, 0.25) is 0 Å². The second kappa shape index (κ2) is 5.48. The Morgan fingerprint density at radius 1 is 1.25 bits per heavy atom. The average molecular weight is 305 g/mol. The highest BCUT2D eigenvalue weighted by Gasteiger charge is 2.18. The van der Waals surface area contributed by atoms with Crippen molar-refractivity contribution in [2.45, 2.75) is 6.04 Å². The first-order valence-corrected chi connectivity index (χ1v) is 7.62. The van der Waals surface area contributed by atoms with E-state index >= 15 is 0 Å². The molecule has 0 bridgehead atoms. The van der Waals surface area contributed by atoms with Gasteiger partial charge in [-0.25, -0.2) is 4.79 Å². The number of nitrogens with one attached hydrogen (secondary N) is 2. The van der Waals surface area contributed by atoms with E-state index in [2.05, 4.69) is 27.6 Å². The highest BCUT2D eigenvalue weighted by molar-refractivity contribution is 7.11. The number of hydrogen-bond acceptors (Lipinski definition) is 5. The summed E-state index contributed by atoms with van der Waals surface area (Å²) < 4.78 is 0. The van der Waals surface area contributed by atoms with Gasteiger partial charge in [-0.2, -0.15) is 5.10 Å². The Hall–Kier alpha value is -2.12. The summed E-state index contributed by atoms with van der Waals surface area (Å²) >= 11 is 3.31. The van der Waals surface area contributed by atoms with Crippen LogP contribution in [0.15, 0.2) is 41.1 Å². The van der Waals surface area contributed by atoms with Gasteiger partial charge in [0.2, 0.25) is 0 Å². The molecular formula is C13H11N3O2S2. The van der Waals surface area contributed by atoms with Gasteiger partial charge >= 0.3 is 5.97 Å². The standard InChI is InChI=1S/C13H11N3O2S2/c17-13(18)8-7-11(16-15-8)14-12(9-3-1-5-19-9)10-4-2-6-20-10/h1-7,12H,(H,17,18)(H2,14,15,16). The highest BCUT2D eigenvalue weighted by Crippen LogP contribution is 2.31. The van der Waals surface area contributed by atoms with Crippen LogP contribution in [-0.4, -0.2) is 21.3 Å². The summed E-state index contributed by atoms with van der Waals surface area (Å²) in [4.78, 5) is 13.2. The van der Waals surface area contributed by atoms with Gasteiger partial charge in [0.1, 0.15) is 5.82 Å². The van der Waals surface area contributed by atoms with Crippen molar-refractivity contribution in [3.8, 4) is 0 Å². The number of carboxylic acids is 1. The van der Waals surface area contributed by atoms with E-state index < -0.39 is 5.97 Å². The third kappa shape index (κ3) is 2.59. The van der Waals surface area contributed by atoms with Gasteiger partial charge < -0.3 is 10.4 Å². The van der Waals surface area contributed by atoms with E-state index in [1.54, 1.807) is 22.7 Å². The summed E-state index contributed by atoms with van der Waals surface area (Å²) in [5.74, 6) is -0.452. The molecule has 0 spiro atoms. The van der Waals surface area contributed by atoms with E-state index in [0.29, 0.717) is 5.82 Å². The van der Waals surface area contributed by atoms with Crippen LogP contribution in [0.1, 0.15) is 26.3 Å². The maximum atomic E-state index is 10.9. The molecule has 7 heteroatoms. The SMILES string of the molecule is O=C(O)c1cc(NC(c2cccs2)c2cccs2)[nH]n1. The third-order valence-corrected chi connectivity index (χ3v) is 4.63. The predicted octanol–water partition coefficient (Wildman–Crippen LogP) is 3.43. The lowest BCUT2D eigenvalue weighted by Crippen LogP contribution is -2.09. The van der Waals surface area contributed by atoms with Crippen LogP contribution in [0.5, 0.6) is 0 Å². The molecular weight excluding hydrogens is 294 g/mol. The molecule has 0 amide bonds. The summed E-state index contributed by atoms with van der Waals surface area (Å²) in [5, 5.41) is 22.7. The molecule has 3 rings (SSSR count). The van der Waals surface area contributed by atoms with Crippen molar-refractivity contribution in [2.75, 3.05) is 5.32 Å². The molecule has 0 aliphatic carbocycles. The lowest BCUT2D eigenvalue weighted by Gasteiger charge is -2.15. The Morgan fingerprint density at radius 2 is 1.90 bits per heavy atom. The second-order valence-corrected chi connectivity index (χ2v) is 6.04. The Balaban J connectivity index is 1.88. The molecule has 0 unspecified atom stereocenters. The molecule has 3 heterocycles. The van der Waals surface area contributed by atoms with Crippen LogP contribution in [0.4, 0.5) is 5.82 Å². The molecule has 3 N–H and O–H groups in total. The number of carbonyl (C=O) groups is 1. The Morgan fingerprint density at radius 3 is 2.35 bits per heavy atom. The van der Waals surface area contributed by atoms with E-state index in [0.717, 1.165) is 0 Å². The van der Waals surface area contributed by atoms with E-state index in [-0.39, 0.29) is 11.7 Å². The molecule has 0 saturated carbocycles. The normalized spacial score (nSPS) is 10.8. The van der Waals surface area contributed by atoms with Crippen molar-refractivity contribution in [3.05, 3.63) is 56.5 Å². The minimum Gasteiger partial charge on any atom is -0.476 e. The van der Waals surface area contributed by atoms with Crippen LogP contribution in [0, 0.1) is 0 Å². The molecule has 20 heavy (non-hydrogen) atoms. The fraction of sp³-hybridized carbons (Fsp3) is 0.0769. The summed E-state index contributed by atoms with van der Waals surface area (Å²) in [6, 6.07) is 9.59. The Labute approximate surface area is 122 Å². The number of thiophene rings is 2. The summed E-state index contributed by atoms with van der Waals surface area (Å²) in [7, 11) is 0. The first kappa shape index (κ1) is 12.9. The smallest absolute Gasteiger partial charge is 0.356 e. The monoisotopic (exact) mass is 305 g/mol. The number of rotatable bonds is 5. The fourth-order valence-corrected chi connectivity index (χ4v) is 3.52. The molecule has 3 aromatic rings. The maximum absolute atomic E-state index is 10.9. The Bertz CT molecular complexity index is 655. The third-order valence-electron chi connectivity index (χ3n) is 2.75. The van der Waals surface area contributed by atoms with Gasteiger partial charge in [-0.15, -0.1) is 22.7 Å². The van der Waals surface area contributed by atoms with E-state index in [9.17, 15) is 4.79 Å². The largest absolute Gasteiger partial charge is 0.476 e. The summed E-state index contributed by atoms with van der Waals surface area (Å²) in [6.07, 6.45) is 0. The lowest BCUT2D eigenvalue weighted by molar-refractivity contribution is 0.0690. The van der Waals surface area contributed by atoms with Crippen molar-refractivity contribution >= 4 is 34.5 Å². The van der Waals surface area contributed by atoms with Crippen LogP contribution >= 0.6 is 22.7 Å². The molecule has 0 atom stereocenters. The maximum Gasteiger partial charge on any atom is 0.356 e. The lowest BCUT2D eigenvalue weighted by atomic mass is 10.2. The van der Waals surface area contributed by atoms with Crippen molar-refractivity contribution in [1.82, 2.24) is 10.2 Å². The predicted molar refractivity (Wildman–Crippen MR) is 79.7 cm³/mol. The van der Waals surface area contributed by atoms with Gasteiger partial charge in [0, 0.05) is 15.8 Å². The molecule has 0 aliphatic heterocycles.